The molecule has 0 aromatic heterocycles. The summed E-state index contributed by atoms with van der Waals surface area (Å²) in [6.07, 6.45) is 1.50. The lowest BCUT2D eigenvalue weighted by Gasteiger charge is -2.14. The Kier molecular flexibility index (Phi) is 9.42. The average Bonchev–Trinajstić information content (AvgIpc) is 2.80. The first kappa shape index (κ1) is 24.9. The molecule has 0 heterocycles. The summed E-state index contributed by atoms with van der Waals surface area (Å²) in [5, 5.41) is 5.22. The van der Waals surface area contributed by atoms with E-state index in [2.05, 4.69) is 26.5 Å². The van der Waals surface area contributed by atoms with E-state index < -0.39 is 5.91 Å². The van der Waals surface area contributed by atoms with Crippen molar-refractivity contribution in [1.29, 1.82) is 0 Å². The van der Waals surface area contributed by atoms with E-state index >= 15 is 0 Å². The van der Waals surface area contributed by atoms with Gasteiger partial charge in [0.2, 0.25) is 0 Å². The number of nitrogens with zero attached hydrogens (tertiary/aromatic N) is 1. The fraction of sp³-hybridized carbons (Fsp3) is 0.167. The zero-order valence-corrected chi connectivity index (χ0v) is 20.8. The number of hydrogen-bond donors (Lipinski definition) is 1. The molecule has 1 N–H and O–H groups in total. The number of nitrogens with one attached hydrogen (secondary N) is 1. The lowest BCUT2D eigenvalue weighted by Crippen LogP contribution is -2.24. The van der Waals surface area contributed by atoms with Gasteiger partial charge in [-0.2, -0.15) is 5.10 Å². The number of hydrazone groups is 1. The number of halogens is 3. The van der Waals surface area contributed by atoms with Crippen LogP contribution in [0.3, 0.4) is 0 Å². The van der Waals surface area contributed by atoms with Crippen LogP contribution in [0.15, 0.2) is 70.2 Å². The van der Waals surface area contributed by atoms with E-state index in [1.54, 1.807) is 36.4 Å². The van der Waals surface area contributed by atoms with Gasteiger partial charge in [0.05, 0.1) is 12.8 Å². The Labute approximate surface area is 210 Å². The molecular weight excluding hydrogens is 531 g/mol. The molecule has 0 saturated heterocycles. The molecule has 0 aliphatic carbocycles. The molecule has 3 aromatic carbocycles. The van der Waals surface area contributed by atoms with Gasteiger partial charge in [-0.05, 0) is 65.3 Å². The van der Waals surface area contributed by atoms with Gasteiger partial charge in [0.15, 0.2) is 18.1 Å². The molecule has 172 valence electrons. The van der Waals surface area contributed by atoms with Crippen molar-refractivity contribution in [2.45, 2.75) is 13.5 Å². The maximum absolute atomic E-state index is 12.0. The third kappa shape index (κ3) is 7.67. The first-order valence-corrected chi connectivity index (χ1v) is 11.5. The molecule has 0 atom stereocenters. The molecule has 6 nitrogen and oxygen atoms in total. The van der Waals surface area contributed by atoms with Gasteiger partial charge in [-0.3, -0.25) is 4.79 Å². The molecule has 3 aromatic rings. The molecule has 0 spiro atoms. The first-order valence-electron chi connectivity index (χ1n) is 9.99. The molecule has 0 bridgehead atoms. The van der Waals surface area contributed by atoms with Crippen LogP contribution >= 0.6 is 39.1 Å². The number of carbonyl (C=O) groups excluding carboxylic acids is 1. The highest BCUT2D eigenvalue weighted by Gasteiger charge is 2.11. The molecule has 0 aliphatic rings. The minimum Gasteiger partial charge on any atom is -0.490 e. The van der Waals surface area contributed by atoms with Crippen molar-refractivity contribution in [2.24, 2.45) is 5.10 Å². The minimum absolute atomic E-state index is 0.181. The van der Waals surface area contributed by atoms with E-state index in [1.807, 2.05) is 31.2 Å². The average molecular weight is 552 g/mol. The van der Waals surface area contributed by atoms with Gasteiger partial charge < -0.3 is 14.2 Å². The second-order valence-electron chi connectivity index (χ2n) is 6.67. The maximum atomic E-state index is 12.0. The van der Waals surface area contributed by atoms with E-state index in [1.165, 1.54) is 6.21 Å². The Morgan fingerprint density at radius 1 is 1.03 bits per heavy atom. The fourth-order valence-electron chi connectivity index (χ4n) is 2.69. The highest BCUT2D eigenvalue weighted by molar-refractivity contribution is 9.10. The van der Waals surface area contributed by atoms with Crippen LogP contribution in [-0.2, 0) is 11.4 Å². The summed E-state index contributed by atoms with van der Waals surface area (Å²) in [6, 6.07) is 17.8. The second-order valence-corrected chi connectivity index (χ2v) is 8.37. The molecule has 0 unspecified atom stereocenters. The Hall–Kier alpha value is -2.74. The van der Waals surface area contributed by atoms with Gasteiger partial charge in [-0.15, -0.1) is 0 Å². The van der Waals surface area contributed by atoms with Gasteiger partial charge in [-0.1, -0.05) is 41.4 Å². The van der Waals surface area contributed by atoms with Crippen LogP contribution in [-0.4, -0.2) is 25.3 Å². The van der Waals surface area contributed by atoms with Crippen molar-refractivity contribution >= 4 is 51.3 Å². The van der Waals surface area contributed by atoms with Crippen LogP contribution in [0.1, 0.15) is 18.1 Å². The van der Waals surface area contributed by atoms with E-state index in [9.17, 15) is 4.79 Å². The normalized spacial score (nSPS) is 10.8. The molecule has 0 fully saturated rings. The van der Waals surface area contributed by atoms with Gasteiger partial charge >= 0.3 is 0 Å². The molecule has 0 radical (unpaired) electrons. The first-order chi connectivity index (χ1) is 16.0. The summed E-state index contributed by atoms with van der Waals surface area (Å²) in [5.74, 6) is 1.24. The van der Waals surface area contributed by atoms with Crippen molar-refractivity contribution in [2.75, 3.05) is 13.2 Å². The Morgan fingerprint density at radius 3 is 2.48 bits per heavy atom. The molecule has 33 heavy (non-hydrogen) atoms. The summed E-state index contributed by atoms with van der Waals surface area (Å²) in [7, 11) is 0. The molecule has 0 saturated carbocycles. The van der Waals surface area contributed by atoms with Gasteiger partial charge in [-0.25, -0.2) is 5.43 Å². The highest BCUT2D eigenvalue weighted by Crippen LogP contribution is 2.34. The fourth-order valence-corrected chi connectivity index (χ4v) is 3.43. The topological polar surface area (TPSA) is 69.2 Å². The second kappa shape index (κ2) is 12.5. The maximum Gasteiger partial charge on any atom is 0.277 e. The van der Waals surface area contributed by atoms with Crippen molar-refractivity contribution in [1.82, 2.24) is 5.43 Å². The molecular formula is C24H21BrCl2N2O4. The van der Waals surface area contributed by atoms with E-state index in [0.29, 0.717) is 46.1 Å². The summed E-state index contributed by atoms with van der Waals surface area (Å²) in [4.78, 5) is 12.0. The largest absolute Gasteiger partial charge is 0.490 e. The van der Waals surface area contributed by atoms with Crippen molar-refractivity contribution < 1.29 is 19.0 Å². The summed E-state index contributed by atoms with van der Waals surface area (Å²) >= 11 is 15.5. The third-order valence-electron chi connectivity index (χ3n) is 4.28. The number of amides is 1. The smallest absolute Gasteiger partial charge is 0.277 e. The quantitative estimate of drug-likeness (QED) is 0.238. The van der Waals surface area contributed by atoms with E-state index in [-0.39, 0.29) is 6.61 Å². The van der Waals surface area contributed by atoms with E-state index in [0.717, 1.165) is 10.0 Å². The Bertz CT molecular complexity index is 1120. The number of ether oxygens (including phenoxy) is 3. The standard InChI is InChI=1S/C24H21BrCl2N2O4/c1-2-31-22-11-17(13-28-29-24(30)15-32-19-9-7-18(26)8-10-19)20(25)12-23(22)33-14-16-5-3-4-6-21(16)27/h3-13H,2,14-15H2,1H3,(H,29,30)/b28-13-. The van der Waals surface area contributed by atoms with Crippen LogP contribution in [0.25, 0.3) is 0 Å². The SMILES string of the molecule is CCOc1cc(/C=N\NC(=O)COc2ccc(Cl)cc2)c(Br)cc1OCc1ccccc1Cl. The lowest BCUT2D eigenvalue weighted by molar-refractivity contribution is -0.123. The summed E-state index contributed by atoms with van der Waals surface area (Å²) in [6.45, 7) is 2.45. The van der Waals surface area contributed by atoms with Crippen LogP contribution < -0.4 is 19.6 Å². The minimum atomic E-state index is -0.401. The van der Waals surface area contributed by atoms with E-state index in [4.69, 9.17) is 37.4 Å². The lowest BCUT2D eigenvalue weighted by atomic mass is 10.2. The van der Waals surface area contributed by atoms with Crippen LogP contribution in [0.4, 0.5) is 0 Å². The molecule has 1 amide bonds. The van der Waals surface area contributed by atoms with Crippen LogP contribution in [0, 0.1) is 0 Å². The van der Waals surface area contributed by atoms with Crippen LogP contribution in [0.2, 0.25) is 10.0 Å². The van der Waals surface area contributed by atoms with Gasteiger partial charge in [0.1, 0.15) is 12.4 Å². The zero-order chi connectivity index (χ0) is 23.6. The van der Waals surface area contributed by atoms with Crippen molar-refractivity contribution in [3.8, 4) is 17.2 Å². The number of benzene rings is 3. The predicted molar refractivity (Wildman–Crippen MR) is 134 cm³/mol. The molecule has 3 rings (SSSR count). The predicted octanol–water partition coefficient (Wildman–Crippen LogP) is 6.26. The summed E-state index contributed by atoms with van der Waals surface area (Å²) < 4.78 is 17.8. The summed E-state index contributed by atoms with van der Waals surface area (Å²) in [5.41, 5.74) is 4.00. The Balaban J connectivity index is 1.61. The van der Waals surface area contributed by atoms with Crippen molar-refractivity contribution in [3.05, 3.63) is 86.3 Å². The highest BCUT2D eigenvalue weighted by atomic mass is 79.9. The molecule has 0 aliphatic heterocycles. The molecule has 9 heteroatoms. The Morgan fingerprint density at radius 2 is 1.76 bits per heavy atom. The number of rotatable bonds is 10. The number of carbonyl (C=O) groups is 1. The third-order valence-corrected chi connectivity index (χ3v) is 5.59. The zero-order valence-electron chi connectivity index (χ0n) is 17.7. The van der Waals surface area contributed by atoms with Crippen LogP contribution in [0.5, 0.6) is 17.2 Å². The number of hydrogen-bond acceptors (Lipinski definition) is 5. The van der Waals surface area contributed by atoms with Crippen molar-refractivity contribution in [3.63, 3.8) is 0 Å². The monoisotopic (exact) mass is 550 g/mol. The van der Waals surface area contributed by atoms with Gasteiger partial charge in [0.25, 0.3) is 5.91 Å². The van der Waals surface area contributed by atoms with Gasteiger partial charge in [0, 0.05) is 25.6 Å².